The van der Waals surface area contributed by atoms with Crippen LogP contribution in [-0.2, 0) is 6.54 Å². The summed E-state index contributed by atoms with van der Waals surface area (Å²) in [5, 5.41) is 13.1. The van der Waals surface area contributed by atoms with Crippen molar-refractivity contribution < 1.29 is 5.11 Å². The van der Waals surface area contributed by atoms with Gasteiger partial charge in [-0.15, -0.1) is 0 Å². The summed E-state index contributed by atoms with van der Waals surface area (Å²) in [6.45, 7) is 5.98. The first-order valence-electron chi connectivity index (χ1n) is 6.70. The van der Waals surface area contributed by atoms with Gasteiger partial charge < -0.3 is 15.3 Å². The third-order valence-corrected chi connectivity index (χ3v) is 3.54. The molecule has 1 aliphatic heterocycles. The minimum absolute atomic E-state index is 0.286. The average molecular weight is 249 g/mol. The normalized spacial score (nSPS) is 21.1. The van der Waals surface area contributed by atoms with Crippen LogP contribution in [0.3, 0.4) is 0 Å². The maximum absolute atomic E-state index is 9.70. The number of rotatable bonds is 4. The van der Waals surface area contributed by atoms with Crippen LogP contribution in [0, 0.1) is 12.8 Å². The summed E-state index contributed by atoms with van der Waals surface area (Å²) in [5.41, 5.74) is 1.70. The number of hydrogen-bond donors (Lipinski definition) is 2. The molecule has 1 atom stereocenters. The highest BCUT2D eigenvalue weighted by atomic mass is 16.3. The monoisotopic (exact) mass is 249 g/mol. The van der Waals surface area contributed by atoms with Crippen LogP contribution in [0.15, 0.2) is 12.1 Å². The van der Waals surface area contributed by atoms with E-state index in [0.29, 0.717) is 6.54 Å². The molecule has 0 amide bonds. The quantitative estimate of drug-likeness (QED) is 0.849. The number of piperidine rings is 1. The molecule has 0 spiro atoms. The summed E-state index contributed by atoms with van der Waals surface area (Å²) in [6, 6.07) is 3.54. The van der Waals surface area contributed by atoms with Crippen molar-refractivity contribution in [1.29, 1.82) is 0 Å². The van der Waals surface area contributed by atoms with Gasteiger partial charge in [0.05, 0.1) is 5.69 Å². The van der Waals surface area contributed by atoms with Crippen LogP contribution < -0.4 is 5.32 Å². The third kappa shape index (κ3) is 3.68. The van der Waals surface area contributed by atoms with Gasteiger partial charge in [-0.25, -0.2) is 0 Å². The lowest BCUT2D eigenvalue weighted by molar-refractivity contribution is 0.206. The van der Waals surface area contributed by atoms with Crippen molar-refractivity contribution >= 4 is 0 Å². The van der Waals surface area contributed by atoms with Gasteiger partial charge in [0, 0.05) is 18.8 Å². The minimum atomic E-state index is 0.286. The Morgan fingerprint density at radius 3 is 3.11 bits per heavy atom. The van der Waals surface area contributed by atoms with Crippen LogP contribution in [0.25, 0.3) is 0 Å². The molecule has 4 heteroatoms. The Kier molecular flexibility index (Phi) is 4.55. The van der Waals surface area contributed by atoms with Gasteiger partial charge in [-0.05, 0) is 58.0 Å². The van der Waals surface area contributed by atoms with E-state index in [-0.39, 0.29) is 5.75 Å². The Bertz CT molecular complexity index is 395. The van der Waals surface area contributed by atoms with Gasteiger partial charge in [0.1, 0.15) is 5.75 Å². The number of hydrogen-bond acceptors (Lipinski definition) is 4. The van der Waals surface area contributed by atoms with Gasteiger partial charge in [-0.3, -0.25) is 4.98 Å². The standard InChI is InChI=1S/C14H23N3O/c1-11-5-6-14(18)13(16-11)9-15-8-12-4-3-7-17(2)10-12/h5-6,12,15,18H,3-4,7-10H2,1-2H3. The molecule has 1 fully saturated rings. The number of nitrogens with one attached hydrogen (secondary N) is 1. The number of pyridine rings is 1. The Hall–Kier alpha value is -1.13. The van der Waals surface area contributed by atoms with Gasteiger partial charge in [-0.2, -0.15) is 0 Å². The highest BCUT2D eigenvalue weighted by Gasteiger charge is 2.16. The lowest BCUT2D eigenvalue weighted by Crippen LogP contribution is -2.37. The fourth-order valence-electron chi connectivity index (χ4n) is 2.57. The molecule has 1 aromatic rings. The average Bonchev–Trinajstić information content (AvgIpc) is 2.34. The second-order valence-electron chi connectivity index (χ2n) is 5.32. The molecular formula is C14H23N3O. The Balaban J connectivity index is 1.79. The first-order valence-corrected chi connectivity index (χ1v) is 6.70. The van der Waals surface area contributed by atoms with Crippen molar-refractivity contribution in [2.75, 3.05) is 26.7 Å². The number of aromatic nitrogens is 1. The van der Waals surface area contributed by atoms with Gasteiger partial charge in [0.15, 0.2) is 0 Å². The zero-order valence-electron chi connectivity index (χ0n) is 11.3. The smallest absolute Gasteiger partial charge is 0.138 e. The largest absolute Gasteiger partial charge is 0.506 e. The minimum Gasteiger partial charge on any atom is -0.506 e. The number of aryl methyl sites for hydroxylation is 1. The summed E-state index contributed by atoms with van der Waals surface area (Å²) in [6.07, 6.45) is 2.58. The molecule has 2 N–H and O–H groups in total. The Morgan fingerprint density at radius 2 is 2.33 bits per heavy atom. The molecule has 2 rings (SSSR count). The predicted molar refractivity (Wildman–Crippen MR) is 72.6 cm³/mol. The molecule has 4 nitrogen and oxygen atoms in total. The van der Waals surface area contributed by atoms with Crippen LogP contribution >= 0.6 is 0 Å². The summed E-state index contributed by atoms with van der Waals surface area (Å²) in [7, 11) is 2.18. The lowest BCUT2D eigenvalue weighted by Gasteiger charge is -2.29. The summed E-state index contributed by atoms with van der Waals surface area (Å²) >= 11 is 0. The van der Waals surface area contributed by atoms with E-state index in [1.165, 1.54) is 25.9 Å². The third-order valence-electron chi connectivity index (χ3n) is 3.54. The summed E-state index contributed by atoms with van der Waals surface area (Å²) in [4.78, 5) is 6.73. The van der Waals surface area contributed by atoms with E-state index in [1.807, 2.05) is 13.0 Å². The molecular weight excluding hydrogens is 226 g/mol. The predicted octanol–water partition coefficient (Wildman–Crippen LogP) is 1.53. The topological polar surface area (TPSA) is 48.4 Å². The number of nitrogens with zero attached hydrogens (tertiary/aromatic N) is 2. The van der Waals surface area contributed by atoms with E-state index in [9.17, 15) is 5.11 Å². The highest BCUT2D eigenvalue weighted by molar-refractivity contribution is 5.27. The van der Waals surface area contributed by atoms with Crippen molar-refractivity contribution in [3.63, 3.8) is 0 Å². The molecule has 0 bridgehead atoms. The highest BCUT2D eigenvalue weighted by Crippen LogP contribution is 2.16. The van der Waals surface area contributed by atoms with E-state index >= 15 is 0 Å². The van der Waals surface area contributed by atoms with Crippen molar-refractivity contribution in [2.45, 2.75) is 26.3 Å². The molecule has 1 aromatic heterocycles. The fourth-order valence-corrected chi connectivity index (χ4v) is 2.57. The molecule has 1 aliphatic rings. The van der Waals surface area contributed by atoms with Crippen molar-refractivity contribution in [3.05, 3.63) is 23.5 Å². The fraction of sp³-hybridized carbons (Fsp3) is 0.643. The zero-order valence-corrected chi connectivity index (χ0v) is 11.3. The first kappa shape index (κ1) is 13.3. The molecule has 1 saturated heterocycles. The van der Waals surface area contributed by atoms with Crippen molar-refractivity contribution in [1.82, 2.24) is 15.2 Å². The van der Waals surface area contributed by atoms with Crippen LogP contribution in [0.5, 0.6) is 5.75 Å². The Morgan fingerprint density at radius 1 is 1.50 bits per heavy atom. The Labute approximate surface area is 109 Å². The molecule has 2 heterocycles. The molecule has 0 saturated carbocycles. The van der Waals surface area contributed by atoms with Crippen LogP contribution in [0.1, 0.15) is 24.2 Å². The number of likely N-dealkylation sites (tertiary alicyclic amines) is 1. The van der Waals surface area contributed by atoms with E-state index in [1.54, 1.807) is 6.07 Å². The first-order chi connectivity index (χ1) is 8.65. The molecule has 100 valence electrons. The van der Waals surface area contributed by atoms with E-state index in [2.05, 4.69) is 22.2 Å². The van der Waals surface area contributed by atoms with E-state index in [0.717, 1.165) is 23.9 Å². The number of aromatic hydroxyl groups is 1. The van der Waals surface area contributed by atoms with Crippen molar-refractivity contribution in [2.24, 2.45) is 5.92 Å². The second kappa shape index (κ2) is 6.16. The zero-order chi connectivity index (χ0) is 13.0. The van der Waals surface area contributed by atoms with Crippen LogP contribution in [-0.4, -0.2) is 41.7 Å². The summed E-state index contributed by atoms with van der Waals surface area (Å²) in [5.74, 6) is 1.00. The second-order valence-corrected chi connectivity index (χ2v) is 5.32. The van der Waals surface area contributed by atoms with E-state index < -0.39 is 0 Å². The maximum Gasteiger partial charge on any atom is 0.138 e. The van der Waals surface area contributed by atoms with Gasteiger partial charge in [-0.1, -0.05) is 0 Å². The van der Waals surface area contributed by atoms with Gasteiger partial charge in [0.2, 0.25) is 0 Å². The maximum atomic E-state index is 9.70. The van der Waals surface area contributed by atoms with Gasteiger partial charge >= 0.3 is 0 Å². The molecule has 0 radical (unpaired) electrons. The van der Waals surface area contributed by atoms with Gasteiger partial charge in [0.25, 0.3) is 0 Å². The van der Waals surface area contributed by atoms with Crippen LogP contribution in [0.4, 0.5) is 0 Å². The van der Waals surface area contributed by atoms with Crippen molar-refractivity contribution in [3.8, 4) is 5.75 Å². The molecule has 18 heavy (non-hydrogen) atoms. The molecule has 0 aliphatic carbocycles. The van der Waals surface area contributed by atoms with E-state index in [4.69, 9.17) is 0 Å². The molecule has 1 unspecified atom stereocenters. The lowest BCUT2D eigenvalue weighted by atomic mass is 9.98. The SMILES string of the molecule is Cc1ccc(O)c(CNCC2CCCN(C)C2)n1. The van der Waals surface area contributed by atoms with Crippen LogP contribution in [0.2, 0.25) is 0 Å². The molecule has 0 aromatic carbocycles. The summed E-state index contributed by atoms with van der Waals surface area (Å²) < 4.78 is 0.